The highest BCUT2D eigenvalue weighted by Crippen LogP contribution is 2.36. The van der Waals surface area contributed by atoms with E-state index in [2.05, 4.69) is 52.1 Å². The van der Waals surface area contributed by atoms with E-state index in [1.165, 1.54) is 0 Å². The Morgan fingerprint density at radius 2 is 1.95 bits per heavy atom. The van der Waals surface area contributed by atoms with Gasteiger partial charge in [-0.1, -0.05) is 27.7 Å². The van der Waals surface area contributed by atoms with Crippen molar-refractivity contribution in [2.75, 3.05) is 7.11 Å². The summed E-state index contributed by atoms with van der Waals surface area (Å²) in [6.07, 6.45) is 2.70. The average Bonchev–Trinajstić information content (AvgIpc) is 2.78. The van der Waals surface area contributed by atoms with Gasteiger partial charge in [-0.3, -0.25) is 16.0 Å². The summed E-state index contributed by atoms with van der Waals surface area (Å²) in [4.78, 5) is 0. The molecule has 0 amide bonds. The number of hydrogen-bond acceptors (Lipinski definition) is 4. The van der Waals surface area contributed by atoms with Gasteiger partial charge in [0.2, 0.25) is 0 Å². The molecule has 0 saturated carbocycles. The van der Waals surface area contributed by atoms with Gasteiger partial charge in [0.05, 0.1) is 25.0 Å². The highest BCUT2D eigenvalue weighted by Gasteiger charge is 2.28. The first kappa shape index (κ1) is 17.0. The zero-order valence-electron chi connectivity index (χ0n) is 13.9. The molecule has 0 radical (unpaired) electrons. The Bertz CT molecular complexity index is 420. The fraction of sp³-hybridized carbons (Fsp3) is 0.800. The van der Waals surface area contributed by atoms with E-state index in [1.807, 2.05) is 4.68 Å². The maximum absolute atomic E-state index is 5.80. The fourth-order valence-corrected chi connectivity index (χ4v) is 2.22. The van der Waals surface area contributed by atoms with Crippen molar-refractivity contribution in [1.82, 2.24) is 15.2 Å². The molecule has 0 aliphatic heterocycles. The highest BCUT2D eigenvalue weighted by molar-refractivity contribution is 5.28. The van der Waals surface area contributed by atoms with Crippen molar-refractivity contribution in [3.8, 4) is 5.75 Å². The van der Waals surface area contributed by atoms with Crippen LogP contribution in [0, 0.1) is 11.3 Å². The Balaban J connectivity index is 3.08. The number of nitrogens with two attached hydrogens (primary N) is 1. The van der Waals surface area contributed by atoms with Gasteiger partial charge in [0.1, 0.15) is 0 Å². The van der Waals surface area contributed by atoms with E-state index >= 15 is 0 Å². The number of hydrazine groups is 1. The second-order valence-electron chi connectivity index (χ2n) is 6.86. The molecular weight excluding hydrogens is 252 g/mol. The van der Waals surface area contributed by atoms with Crippen LogP contribution in [0.1, 0.15) is 65.7 Å². The molecule has 2 atom stereocenters. The molecule has 5 heteroatoms. The van der Waals surface area contributed by atoms with Gasteiger partial charge in [0.25, 0.3) is 0 Å². The van der Waals surface area contributed by atoms with Crippen molar-refractivity contribution in [3.05, 3.63) is 11.9 Å². The van der Waals surface area contributed by atoms with Gasteiger partial charge in [0.15, 0.2) is 5.75 Å². The summed E-state index contributed by atoms with van der Waals surface area (Å²) in [5.74, 6) is 7.11. The lowest BCUT2D eigenvalue weighted by Gasteiger charge is -2.31. The summed E-state index contributed by atoms with van der Waals surface area (Å²) in [5, 5.41) is 4.42. The molecule has 1 rings (SSSR count). The molecule has 5 nitrogen and oxygen atoms in total. The largest absolute Gasteiger partial charge is 0.493 e. The van der Waals surface area contributed by atoms with E-state index in [-0.39, 0.29) is 17.5 Å². The van der Waals surface area contributed by atoms with Crippen LogP contribution < -0.4 is 16.0 Å². The maximum atomic E-state index is 5.80. The summed E-state index contributed by atoms with van der Waals surface area (Å²) in [5.41, 5.74) is 4.21. The normalized spacial score (nSPS) is 15.4. The SMILES string of the molecule is COc1cnn(C(C)C)c1C(CC(C)C(C)(C)C)NN. The van der Waals surface area contributed by atoms with E-state index in [0.717, 1.165) is 17.9 Å². The number of rotatable bonds is 6. The minimum absolute atomic E-state index is 0.0316. The number of aromatic nitrogens is 2. The molecule has 0 bridgehead atoms. The van der Waals surface area contributed by atoms with Crippen LogP contribution in [-0.2, 0) is 0 Å². The van der Waals surface area contributed by atoms with Crippen LogP contribution in [0.2, 0.25) is 0 Å². The first-order valence-electron chi connectivity index (χ1n) is 7.29. The Hall–Kier alpha value is -1.07. The summed E-state index contributed by atoms with van der Waals surface area (Å²) in [6, 6.07) is 0.304. The van der Waals surface area contributed by atoms with E-state index < -0.39 is 0 Å². The van der Waals surface area contributed by atoms with Gasteiger partial charge in [-0.05, 0) is 31.6 Å². The van der Waals surface area contributed by atoms with E-state index in [0.29, 0.717) is 5.92 Å². The third kappa shape index (κ3) is 3.73. The van der Waals surface area contributed by atoms with Crippen LogP contribution in [-0.4, -0.2) is 16.9 Å². The second-order valence-corrected chi connectivity index (χ2v) is 6.86. The summed E-state index contributed by atoms with van der Waals surface area (Å²) < 4.78 is 7.43. The predicted octanol–water partition coefficient (Wildman–Crippen LogP) is 3.05. The van der Waals surface area contributed by atoms with Crippen molar-refractivity contribution in [2.45, 2.75) is 60.0 Å². The van der Waals surface area contributed by atoms with E-state index in [4.69, 9.17) is 10.6 Å². The molecule has 0 spiro atoms. The number of nitrogens with one attached hydrogen (secondary N) is 1. The molecule has 0 aliphatic carbocycles. The maximum Gasteiger partial charge on any atom is 0.161 e. The lowest BCUT2D eigenvalue weighted by atomic mass is 9.78. The van der Waals surface area contributed by atoms with Gasteiger partial charge in [-0.15, -0.1) is 0 Å². The predicted molar refractivity (Wildman–Crippen MR) is 82.5 cm³/mol. The smallest absolute Gasteiger partial charge is 0.161 e. The molecule has 116 valence electrons. The van der Waals surface area contributed by atoms with Crippen LogP contribution in [0.4, 0.5) is 0 Å². The standard InChI is InChI=1S/C15H30N4O/c1-10(2)19-14(13(20-7)9-17-19)12(18-16)8-11(3)15(4,5)6/h9-12,18H,8,16H2,1-7H3. The van der Waals surface area contributed by atoms with Crippen LogP contribution in [0.5, 0.6) is 5.75 Å². The number of methoxy groups -OCH3 is 1. The highest BCUT2D eigenvalue weighted by atomic mass is 16.5. The Morgan fingerprint density at radius 3 is 2.35 bits per heavy atom. The van der Waals surface area contributed by atoms with Crippen molar-refractivity contribution in [3.63, 3.8) is 0 Å². The molecule has 0 aliphatic rings. The first-order chi connectivity index (χ1) is 9.22. The van der Waals surface area contributed by atoms with Crippen molar-refractivity contribution < 1.29 is 4.74 Å². The van der Waals surface area contributed by atoms with Crippen LogP contribution in [0.3, 0.4) is 0 Å². The third-order valence-corrected chi connectivity index (χ3v) is 4.11. The van der Waals surface area contributed by atoms with Crippen LogP contribution in [0.25, 0.3) is 0 Å². The minimum Gasteiger partial charge on any atom is -0.493 e. The Labute approximate surface area is 122 Å². The topological polar surface area (TPSA) is 65.1 Å². The summed E-state index contributed by atoms with van der Waals surface area (Å²) in [6.45, 7) is 13.2. The Kier molecular flexibility index (Phi) is 5.59. The molecule has 0 saturated heterocycles. The molecule has 20 heavy (non-hydrogen) atoms. The zero-order chi connectivity index (χ0) is 15.5. The molecule has 1 aromatic heterocycles. The van der Waals surface area contributed by atoms with Crippen molar-refractivity contribution >= 4 is 0 Å². The second kappa shape index (κ2) is 6.59. The number of hydrogen-bond donors (Lipinski definition) is 2. The van der Waals surface area contributed by atoms with Crippen LogP contribution in [0.15, 0.2) is 6.20 Å². The van der Waals surface area contributed by atoms with Gasteiger partial charge in [0, 0.05) is 6.04 Å². The first-order valence-corrected chi connectivity index (χ1v) is 7.29. The lowest BCUT2D eigenvalue weighted by molar-refractivity contribution is 0.217. The average molecular weight is 282 g/mol. The Morgan fingerprint density at radius 1 is 1.35 bits per heavy atom. The molecule has 1 aromatic rings. The molecule has 2 unspecified atom stereocenters. The van der Waals surface area contributed by atoms with Crippen molar-refractivity contribution in [1.29, 1.82) is 0 Å². The molecule has 1 heterocycles. The third-order valence-electron chi connectivity index (χ3n) is 4.11. The van der Waals surface area contributed by atoms with Gasteiger partial charge in [-0.25, -0.2) is 0 Å². The molecule has 3 N–H and O–H groups in total. The van der Waals surface area contributed by atoms with Gasteiger partial charge >= 0.3 is 0 Å². The van der Waals surface area contributed by atoms with Gasteiger partial charge < -0.3 is 4.74 Å². The summed E-state index contributed by atoms with van der Waals surface area (Å²) in [7, 11) is 1.67. The van der Waals surface area contributed by atoms with E-state index in [1.54, 1.807) is 13.3 Å². The molecule has 0 aromatic carbocycles. The molecule has 0 fully saturated rings. The fourth-order valence-electron chi connectivity index (χ4n) is 2.22. The van der Waals surface area contributed by atoms with Crippen LogP contribution >= 0.6 is 0 Å². The summed E-state index contributed by atoms with van der Waals surface area (Å²) >= 11 is 0. The minimum atomic E-state index is 0.0316. The monoisotopic (exact) mass is 282 g/mol. The lowest BCUT2D eigenvalue weighted by Crippen LogP contribution is -2.34. The zero-order valence-corrected chi connectivity index (χ0v) is 13.9. The van der Waals surface area contributed by atoms with Gasteiger partial charge in [-0.2, -0.15) is 5.10 Å². The van der Waals surface area contributed by atoms with E-state index in [9.17, 15) is 0 Å². The molecular formula is C15H30N4O. The quantitative estimate of drug-likeness (QED) is 0.622. The number of ether oxygens (including phenoxy) is 1. The number of nitrogens with zero attached hydrogens (tertiary/aromatic N) is 2. The van der Waals surface area contributed by atoms with Crippen molar-refractivity contribution in [2.24, 2.45) is 17.2 Å².